The molecule has 0 aromatic carbocycles. The summed E-state index contributed by atoms with van der Waals surface area (Å²) in [5.41, 5.74) is 0.563. The number of carbonyl (C=O) groups is 1. The average Bonchev–Trinajstić information content (AvgIpc) is 2.32. The Balaban J connectivity index is 2.34. The van der Waals surface area contributed by atoms with E-state index in [-0.39, 0.29) is 23.2 Å². The monoisotopic (exact) mass is 282 g/mol. The lowest BCUT2D eigenvalue weighted by molar-refractivity contribution is -0.121. The van der Waals surface area contributed by atoms with Gasteiger partial charge in [0.25, 0.3) is 0 Å². The van der Waals surface area contributed by atoms with E-state index in [1.54, 1.807) is 13.1 Å². The van der Waals surface area contributed by atoms with Gasteiger partial charge in [-0.25, -0.2) is 4.39 Å². The first-order valence-electron chi connectivity index (χ1n) is 6.83. The second-order valence-corrected chi connectivity index (χ2v) is 6.01. The van der Waals surface area contributed by atoms with Gasteiger partial charge in [0.15, 0.2) is 0 Å². The molecule has 0 aliphatic heterocycles. The summed E-state index contributed by atoms with van der Waals surface area (Å²) < 4.78 is 12.9. The number of carbonyl (C=O) groups excluding carboxylic acids is 1. The minimum absolute atomic E-state index is 0.0760. The normalized spacial score (nSPS) is 13.1. The molecule has 0 fully saturated rings. The maximum atomic E-state index is 12.9. The highest BCUT2D eigenvalue weighted by atomic mass is 19.1. The van der Waals surface area contributed by atoms with Gasteiger partial charge in [-0.3, -0.25) is 9.78 Å². The lowest BCUT2D eigenvalue weighted by Crippen LogP contribution is -2.35. The fourth-order valence-corrected chi connectivity index (χ4v) is 2.15. The molecule has 0 aliphatic carbocycles. The van der Waals surface area contributed by atoms with Gasteiger partial charge in [0.05, 0.1) is 12.3 Å². The summed E-state index contributed by atoms with van der Waals surface area (Å²) in [6.07, 6.45) is 3.71. The van der Waals surface area contributed by atoms with E-state index in [0.717, 1.165) is 6.20 Å². The third kappa shape index (κ3) is 6.61. The van der Waals surface area contributed by atoms with E-state index < -0.39 is 0 Å². The van der Waals surface area contributed by atoms with E-state index in [1.165, 1.54) is 6.07 Å². The molecule has 1 aromatic heterocycles. The molecule has 1 atom stereocenters. The van der Waals surface area contributed by atoms with Crippen LogP contribution in [-0.2, 0) is 11.2 Å². The Morgan fingerprint density at radius 3 is 2.80 bits per heavy atom. The molecule has 5 heteroatoms. The van der Waals surface area contributed by atoms with Gasteiger partial charge in [-0.05, 0) is 36.8 Å². The highest BCUT2D eigenvalue weighted by Crippen LogP contribution is 2.21. The van der Waals surface area contributed by atoms with Crippen LogP contribution in [-0.4, -0.2) is 28.6 Å². The molecule has 0 aliphatic rings. The van der Waals surface area contributed by atoms with Gasteiger partial charge in [-0.2, -0.15) is 0 Å². The van der Waals surface area contributed by atoms with Crippen molar-refractivity contribution in [3.63, 3.8) is 0 Å². The predicted octanol–water partition coefficient (Wildman–Crippen LogP) is 2.07. The van der Waals surface area contributed by atoms with Crippen molar-refractivity contribution in [2.24, 2.45) is 5.41 Å². The number of halogens is 1. The van der Waals surface area contributed by atoms with Crippen LogP contribution in [0.15, 0.2) is 18.5 Å². The quantitative estimate of drug-likeness (QED) is 0.804. The zero-order valence-electron chi connectivity index (χ0n) is 12.3. The summed E-state index contributed by atoms with van der Waals surface area (Å²) in [5, 5.41) is 12.2. The molecule has 4 nitrogen and oxygen atoms in total. The molecular weight excluding hydrogens is 259 g/mol. The first kappa shape index (κ1) is 16.6. The van der Waals surface area contributed by atoms with E-state index in [1.807, 2.05) is 13.8 Å². The molecule has 1 aromatic rings. The fourth-order valence-electron chi connectivity index (χ4n) is 2.15. The van der Waals surface area contributed by atoms with E-state index in [4.69, 9.17) is 0 Å². The van der Waals surface area contributed by atoms with Crippen LogP contribution in [0.5, 0.6) is 0 Å². The van der Waals surface area contributed by atoms with Crippen molar-refractivity contribution in [1.29, 1.82) is 0 Å². The zero-order valence-corrected chi connectivity index (χ0v) is 12.3. The molecule has 1 amide bonds. The van der Waals surface area contributed by atoms with Crippen LogP contribution in [0.3, 0.4) is 0 Å². The maximum absolute atomic E-state index is 12.9. The summed E-state index contributed by atoms with van der Waals surface area (Å²) in [4.78, 5) is 15.5. The summed E-state index contributed by atoms with van der Waals surface area (Å²) in [6.45, 7) is 6.24. The Morgan fingerprint density at radius 2 is 2.20 bits per heavy atom. The average molecular weight is 282 g/mol. The predicted molar refractivity (Wildman–Crippen MR) is 75.6 cm³/mol. The van der Waals surface area contributed by atoms with Gasteiger partial charge in [-0.15, -0.1) is 0 Å². The van der Waals surface area contributed by atoms with E-state index >= 15 is 0 Å². The number of nitrogens with zero attached hydrogens (tertiary/aromatic N) is 1. The number of hydrogen-bond acceptors (Lipinski definition) is 3. The highest BCUT2D eigenvalue weighted by Gasteiger charge is 2.20. The third-order valence-corrected chi connectivity index (χ3v) is 3.01. The van der Waals surface area contributed by atoms with Crippen molar-refractivity contribution in [3.05, 3.63) is 29.8 Å². The fraction of sp³-hybridized carbons (Fsp3) is 0.600. The molecular formula is C15H23FN2O2. The first-order valence-corrected chi connectivity index (χ1v) is 6.83. The van der Waals surface area contributed by atoms with Crippen molar-refractivity contribution in [2.45, 2.75) is 46.1 Å². The van der Waals surface area contributed by atoms with Crippen LogP contribution in [0.4, 0.5) is 4.39 Å². The van der Waals surface area contributed by atoms with E-state index in [0.29, 0.717) is 31.4 Å². The SMILES string of the molecule is CC(O)CC(C)(C)CNC(=O)CCc1cncc(F)c1. The number of nitrogens with one attached hydrogen (secondary N) is 1. The van der Waals surface area contributed by atoms with Gasteiger partial charge in [0, 0.05) is 19.2 Å². The number of aliphatic hydroxyl groups excluding tert-OH is 1. The Morgan fingerprint density at radius 1 is 1.50 bits per heavy atom. The zero-order chi connectivity index (χ0) is 15.2. The summed E-state index contributed by atoms with van der Waals surface area (Å²) >= 11 is 0. The summed E-state index contributed by atoms with van der Waals surface area (Å²) in [6, 6.07) is 1.39. The molecule has 1 rings (SSSR count). The number of aryl methyl sites for hydroxylation is 1. The first-order chi connectivity index (χ1) is 9.28. The molecule has 0 saturated carbocycles. The number of aliphatic hydroxyl groups is 1. The molecule has 0 radical (unpaired) electrons. The van der Waals surface area contributed by atoms with Crippen molar-refractivity contribution in [1.82, 2.24) is 10.3 Å². The van der Waals surface area contributed by atoms with Crippen LogP contribution in [0.1, 0.15) is 39.2 Å². The van der Waals surface area contributed by atoms with E-state index in [9.17, 15) is 14.3 Å². The van der Waals surface area contributed by atoms with Gasteiger partial charge in [-0.1, -0.05) is 13.8 Å². The second kappa shape index (κ2) is 7.33. The Bertz CT molecular complexity index is 447. The minimum Gasteiger partial charge on any atom is -0.393 e. The lowest BCUT2D eigenvalue weighted by atomic mass is 9.87. The smallest absolute Gasteiger partial charge is 0.220 e. The second-order valence-electron chi connectivity index (χ2n) is 6.01. The lowest BCUT2D eigenvalue weighted by Gasteiger charge is -2.26. The number of rotatable bonds is 7. The molecule has 112 valence electrons. The standard InChI is InChI=1S/C15H23FN2O2/c1-11(19)7-15(2,3)10-18-14(20)5-4-12-6-13(16)9-17-8-12/h6,8-9,11,19H,4-5,7,10H2,1-3H3,(H,18,20). The number of pyridine rings is 1. The Labute approximate surface area is 119 Å². The molecule has 0 saturated heterocycles. The minimum atomic E-state index is -0.389. The molecule has 0 spiro atoms. The van der Waals surface area contributed by atoms with E-state index in [2.05, 4.69) is 10.3 Å². The van der Waals surface area contributed by atoms with Crippen molar-refractivity contribution >= 4 is 5.91 Å². The van der Waals surface area contributed by atoms with Gasteiger partial charge < -0.3 is 10.4 Å². The largest absolute Gasteiger partial charge is 0.393 e. The number of aromatic nitrogens is 1. The van der Waals surface area contributed by atoms with Crippen molar-refractivity contribution in [2.75, 3.05) is 6.54 Å². The molecule has 2 N–H and O–H groups in total. The summed E-state index contributed by atoms with van der Waals surface area (Å²) in [5.74, 6) is -0.464. The van der Waals surface area contributed by atoms with Crippen molar-refractivity contribution in [3.8, 4) is 0 Å². The highest BCUT2D eigenvalue weighted by molar-refractivity contribution is 5.76. The summed E-state index contributed by atoms with van der Waals surface area (Å²) in [7, 11) is 0. The van der Waals surface area contributed by atoms with Crippen LogP contribution < -0.4 is 5.32 Å². The van der Waals surface area contributed by atoms with Gasteiger partial charge >= 0.3 is 0 Å². The van der Waals surface area contributed by atoms with Gasteiger partial charge in [0.2, 0.25) is 5.91 Å². The number of amides is 1. The topological polar surface area (TPSA) is 62.2 Å². The van der Waals surface area contributed by atoms with Gasteiger partial charge in [0.1, 0.15) is 5.82 Å². The molecule has 1 unspecified atom stereocenters. The Kier molecular flexibility index (Phi) is 6.07. The number of hydrogen-bond donors (Lipinski definition) is 2. The van der Waals surface area contributed by atoms with Crippen LogP contribution in [0.25, 0.3) is 0 Å². The van der Waals surface area contributed by atoms with Crippen LogP contribution in [0, 0.1) is 11.2 Å². The van der Waals surface area contributed by atoms with Crippen LogP contribution >= 0.6 is 0 Å². The molecule has 20 heavy (non-hydrogen) atoms. The third-order valence-electron chi connectivity index (χ3n) is 3.01. The van der Waals surface area contributed by atoms with Crippen LogP contribution in [0.2, 0.25) is 0 Å². The van der Waals surface area contributed by atoms with Crippen molar-refractivity contribution < 1.29 is 14.3 Å². The molecule has 0 bridgehead atoms. The molecule has 1 heterocycles. The Hall–Kier alpha value is -1.49. The maximum Gasteiger partial charge on any atom is 0.220 e.